The first kappa shape index (κ1) is 10.4. The molecular weight excluding hydrogens is 214 g/mol. The summed E-state index contributed by atoms with van der Waals surface area (Å²) in [6.07, 6.45) is 1.35. The molecule has 0 atom stereocenters. The van der Waals surface area contributed by atoms with Gasteiger partial charge in [-0.25, -0.2) is 13.8 Å². The molecular formula is C11H8F2N2O. The molecule has 2 rings (SSSR count). The van der Waals surface area contributed by atoms with Gasteiger partial charge in [0.2, 0.25) is 0 Å². The van der Waals surface area contributed by atoms with Crippen LogP contribution in [-0.2, 0) is 0 Å². The Morgan fingerprint density at radius 1 is 1.12 bits per heavy atom. The van der Waals surface area contributed by atoms with Crippen molar-refractivity contribution in [2.45, 2.75) is 0 Å². The Morgan fingerprint density at radius 2 is 1.94 bits per heavy atom. The molecule has 5 heteroatoms. The summed E-state index contributed by atoms with van der Waals surface area (Å²) in [6, 6.07) is 6.47. The van der Waals surface area contributed by atoms with E-state index in [1.54, 1.807) is 0 Å². The lowest BCUT2D eigenvalue weighted by Gasteiger charge is -2.06. The molecule has 0 saturated carbocycles. The van der Waals surface area contributed by atoms with E-state index >= 15 is 0 Å². The summed E-state index contributed by atoms with van der Waals surface area (Å²) in [7, 11) is 0. The predicted molar refractivity (Wildman–Crippen MR) is 55.1 cm³/mol. The minimum Gasteiger partial charge on any atom is -0.433 e. The third-order valence-corrected chi connectivity index (χ3v) is 1.89. The van der Waals surface area contributed by atoms with Crippen molar-refractivity contribution in [2.75, 3.05) is 5.73 Å². The molecule has 0 radical (unpaired) electrons. The van der Waals surface area contributed by atoms with Crippen LogP contribution >= 0.6 is 0 Å². The molecule has 0 bridgehead atoms. The zero-order valence-electron chi connectivity index (χ0n) is 8.15. The van der Waals surface area contributed by atoms with Gasteiger partial charge in [-0.1, -0.05) is 0 Å². The van der Waals surface area contributed by atoms with Crippen molar-refractivity contribution in [3.63, 3.8) is 0 Å². The van der Waals surface area contributed by atoms with Crippen LogP contribution in [-0.4, -0.2) is 4.98 Å². The number of benzene rings is 1. The normalized spacial score (nSPS) is 10.1. The zero-order valence-corrected chi connectivity index (χ0v) is 8.15. The summed E-state index contributed by atoms with van der Waals surface area (Å²) in [5.74, 6) is -1.71. The maximum atomic E-state index is 13.3. The summed E-state index contributed by atoms with van der Waals surface area (Å²) in [5.41, 5.74) is 5.64. The number of pyridine rings is 1. The molecule has 1 aromatic carbocycles. The standard InChI is InChI=1S/C11H8F2N2O/c12-8-2-1-5-15-11(8)16-10-4-3-7(14)6-9(10)13/h1-6H,14H2. The van der Waals surface area contributed by atoms with Crippen LogP contribution in [0.3, 0.4) is 0 Å². The third-order valence-electron chi connectivity index (χ3n) is 1.89. The summed E-state index contributed by atoms with van der Waals surface area (Å²) in [5, 5.41) is 0. The van der Waals surface area contributed by atoms with E-state index in [9.17, 15) is 8.78 Å². The van der Waals surface area contributed by atoms with Gasteiger partial charge in [0.1, 0.15) is 0 Å². The van der Waals surface area contributed by atoms with E-state index in [1.165, 1.54) is 30.5 Å². The van der Waals surface area contributed by atoms with Crippen molar-refractivity contribution in [2.24, 2.45) is 0 Å². The molecule has 2 aromatic rings. The summed E-state index contributed by atoms with van der Waals surface area (Å²) in [4.78, 5) is 3.64. The van der Waals surface area contributed by atoms with Gasteiger partial charge in [-0.15, -0.1) is 0 Å². The van der Waals surface area contributed by atoms with E-state index < -0.39 is 11.6 Å². The lowest BCUT2D eigenvalue weighted by Crippen LogP contribution is -1.94. The number of ether oxygens (including phenoxy) is 1. The molecule has 0 amide bonds. The smallest absolute Gasteiger partial charge is 0.255 e. The predicted octanol–water partition coefficient (Wildman–Crippen LogP) is 2.73. The van der Waals surface area contributed by atoms with Crippen LogP contribution in [0.5, 0.6) is 11.6 Å². The van der Waals surface area contributed by atoms with Crippen LogP contribution in [0.15, 0.2) is 36.5 Å². The lowest BCUT2D eigenvalue weighted by atomic mass is 10.3. The topological polar surface area (TPSA) is 48.1 Å². The molecule has 0 aliphatic rings. The van der Waals surface area contributed by atoms with Crippen LogP contribution in [0, 0.1) is 11.6 Å². The SMILES string of the molecule is Nc1ccc(Oc2ncccc2F)c(F)c1. The fraction of sp³-hybridized carbons (Fsp3) is 0. The van der Waals surface area contributed by atoms with Gasteiger partial charge >= 0.3 is 0 Å². The molecule has 0 saturated heterocycles. The molecule has 3 nitrogen and oxygen atoms in total. The van der Waals surface area contributed by atoms with Crippen molar-refractivity contribution in [3.05, 3.63) is 48.2 Å². The Hall–Kier alpha value is -2.17. The van der Waals surface area contributed by atoms with Crippen LogP contribution in [0.2, 0.25) is 0 Å². The molecule has 82 valence electrons. The van der Waals surface area contributed by atoms with Crippen LogP contribution in [0.25, 0.3) is 0 Å². The van der Waals surface area contributed by atoms with Crippen LogP contribution in [0.4, 0.5) is 14.5 Å². The zero-order chi connectivity index (χ0) is 11.5. The number of nitrogen functional groups attached to an aromatic ring is 1. The number of anilines is 1. The highest BCUT2D eigenvalue weighted by Gasteiger charge is 2.09. The number of halogens is 2. The van der Waals surface area contributed by atoms with Crippen molar-refractivity contribution >= 4 is 5.69 Å². The summed E-state index contributed by atoms with van der Waals surface area (Å²) >= 11 is 0. The number of nitrogens with two attached hydrogens (primary N) is 1. The van der Waals surface area contributed by atoms with Crippen LogP contribution < -0.4 is 10.5 Å². The van der Waals surface area contributed by atoms with Crippen molar-refractivity contribution in [1.29, 1.82) is 0 Å². The van der Waals surface area contributed by atoms with Gasteiger partial charge in [-0.05, 0) is 24.3 Å². The lowest BCUT2D eigenvalue weighted by molar-refractivity contribution is 0.398. The largest absolute Gasteiger partial charge is 0.433 e. The van der Waals surface area contributed by atoms with Crippen molar-refractivity contribution < 1.29 is 13.5 Å². The molecule has 16 heavy (non-hydrogen) atoms. The Bertz CT molecular complexity index is 517. The maximum Gasteiger partial charge on any atom is 0.255 e. The number of rotatable bonds is 2. The Morgan fingerprint density at radius 3 is 2.62 bits per heavy atom. The summed E-state index contributed by atoms with van der Waals surface area (Å²) < 4.78 is 31.4. The first-order chi connectivity index (χ1) is 7.66. The second-order valence-electron chi connectivity index (χ2n) is 3.08. The molecule has 1 heterocycles. The minimum atomic E-state index is -0.662. The molecule has 0 aliphatic carbocycles. The Kier molecular flexibility index (Phi) is 2.68. The quantitative estimate of drug-likeness (QED) is 0.795. The van der Waals surface area contributed by atoms with Gasteiger partial charge in [-0.2, -0.15) is 0 Å². The summed E-state index contributed by atoms with van der Waals surface area (Å²) in [6.45, 7) is 0. The second-order valence-corrected chi connectivity index (χ2v) is 3.08. The fourth-order valence-electron chi connectivity index (χ4n) is 1.15. The van der Waals surface area contributed by atoms with Crippen molar-refractivity contribution in [3.8, 4) is 11.6 Å². The van der Waals surface area contributed by atoms with E-state index in [1.807, 2.05) is 0 Å². The molecule has 2 N–H and O–H groups in total. The number of nitrogens with zero attached hydrogens (tertiary/aromatic N) is 1. The number of aromatic nitrogens is 1. The van der Waals surface area contributed by atoms with E-state index in [4.69, 9.17) is 10.5 Å². The van der Waals surface area contributed by atoms with Crippen LogP contribution in [0.1, 0.15) is 0 Å². The van der Waals surface area contributed by atoms with E-state index in [-0.39, 0.29) is 17.3 Å². The number of hydrogen-bond donors (Lipinski definition) is 1. The van der Waals surface area contributed by atoms with Gasteiger partial charge in [0.25, 0.3) is 5.88 Å². The molecule has 0 spiro atoms. The van der Waals surface area contributed by atoms with Gasteiger partial charge in [0.05, 0.1) is 0 Å². The monoisotopic (exact) mass is 222 g/mol. The Balaban J connectivity index is 2.31. The van der Waals surface area contributed by atoms with Gasteiger partial charge < -0.3 is 10.5 Å². The van der Waals surface area contributed by atoms with Gasteiger partial charge in [0, 0.05) is 18.0 Å². The fourth-order valence-corrected chi connectivity index (χ4v) is 1.15. The Labute approximate surface area is 90.5 Å². The number of hydrogen-bond acceptors (Lipinski definition) is 3. The van der Waals surface area contributed by atoms with Crippen molar-refractivity contribution in [1.82, 2.24) is 4.98 Å². The van der Waals surface area contributed by atoms with Gasteiger partial charge in [-0.3, -0.25) is 0 Å². The highest BCUT2D eigenvalue weighted by atomic mass is 19.1. The van der Waals surface area contributed by atoms with E-state index in [2.05, 4.69) is 4.98 Å². The highest BCUT2D eigenvalue weighted by molar-refractivity contribution is 5.43. The van der Waals surface area contributed by atoms with E-state index in [0.29, 0.717) is 0 Å². The molecule has 1 aromatic heterocycles. The molecule has 0 fully saturated rings. The highest BCUT2D eigenvalue weighted by Crippen LogP contribution is 2.25. The third kappa shape index (κ3) is 2.08. The molecule has 0 unspecified atom stereocenters. The van der Waals surface area contributed by atoms with E-state index in [0.717, 1.165) is 6.07 Å². The van der Waals surface area contributed by atoms with Gasteiger partial charge in [0.15, 0.2) is 17.4 Å². The first-order valence-electron chi connectivity index (χ1n) is 4.50. The molecule has 0 aliphatic heterocycles. The maximum absolute atomic E-state index is 13.3. The average Bonchev–Trinajstić information content (AvgIpc) is 2.25. The average molecular weight is 222 g/mol. The first-order valence-corrected chi connectivity index (χ1v) is 4.50. The second kappa shape index (κ2) is 4.14. The minimum absolute atomic E-state index is 0.119.